The first-order chi connectivity index (χ1) is 18.8. The van der Waals surface area contributed by atoms with Crippen molar-refractivity contribution in [3.63, 3.8) is 0 Å². The third-order valence-corrected chi connectivity index (χ3v) is 5.97. The summed E-state index contributed by atoms with van der Waals surface area (Å²) in [6.45, 7) is 0. The molecule has 0 spiro atoms. The summed E-state index contributed by atoms with van der Waals surface area (Å²) < 4.78 is 109. The number of hydrogen-bond acceptors (Lipinski definition) is 2. The van der Waals surface area contributed by atoms with Gasteiger partial charge in [-0.2, -0.15) is 26.3 Å². The summed E-state index contributed by atoms with van der Waals surface area (Å²) in [6, 6.07) is 14.7. The Labute approximate surface area is 222 Å². The lowest BCUT2D eigenvalue weighted by atomic mass is 9.79. The number of nitrogens with one attached hydrogen (secondary N) is 2. The van der Waals surface area contributed by atoms with Crippen LogP contribution in [0.4, 0.5) is 45.6 Å². The van der Waals surface area contributed by atoms with Crippen LogP contribution < -0.4 is 10.6 Å². The predicted molar refractivity (Wildman–Crippen MR) is 130 cm³/mol. The maximum absolute atomic E-state index is 14.7. The molecule has 4 rings (SSSR count). The molecule has 0 aliphatic carbocycles. The third kappa shape index (κ3) is 6.56. The minimum atomic E-state index is -4.99. The lowest BCUT2D eigenvalue weighted by Gasteiger charge is -2.36. The molecule has 0 radical (unpaired) electrons. The van der Waals surface area contributed by atoms with Crippen molar-refractivity contribution in [1.82, 2.24) is 10.3 Å². The van der Waals surface area contributed by atoms with Crippen molar-refractivity contribution in [3.8, 4) is 0 Å². The van der Waals surface area contributed by atoms with Crippen LogP contribution >= 0.6 is 0 Å². The highest BCUT2D eigenvalue weighted by Crippen LogP contribution is 2.38. The van der Waals surface area contributed by atoms with Gasteiger partial charge in [-0.1, -0.05) is 36.4 Å². The normalized spacial score (nSPS) is 13.4. The van der Waals surface area contributed by atoms with Gasteiger partial charge in [-0.05, 0) is 59.7 Å². The van der Waals surface area contributed by atoms with E-state index in [1.807, 2.05) is 0 Å². The van der Waals surface area contributed by atoms with Gasteiger partial charge in [-0.3, -0.25) is 4.98 Å². The third-order valence-electron chi connectivity index (χ3n) is 5.97. The molecule has 0 aliphatic rings. The number of pyridine rings is 1. The van der Waals surface area contributed by atoms with E-state index in [1.165, 1.54) is 12.1 Å². The Morgan fingerprint density at radius 2 is 1.38 bits per heavy atom. The van der Waals surface area contributed by atoms with Crippen molar-refractivity contribution in [1.29, 1.82) is 0 Å². The summed E-state index contributed by atoms with van der Waals surface area (Å²) in [7, 11) is 0. The molecule has 4 aromatic rings. The smallest absolute Gasteiger partial charge is 0.322 e. The van der Waals surface area contributed by atoms with Crippen molar-refractivity contribution in [2.75, 3.05) is 5.32 Å². The number of nitrogens with zero attached hydrogens (tertiary/aromatic N) is 1. The van der Waals surface area contributed by atoms with E-state index in [0.717, 1.165) is 24.3 Å². The van der Waals surface area contributed by atoms with E-state index in [9.17, 15) is 39.9 Å². The molecular formula is C28H19F8N3O. The number of carbonyl (C=O) groups is 1. The van der Waals surface area contributed by atoms with Crippen LogP contribution in [0.25, 0.3) is 0 Å². The average molecular weight is 565 g/mol. The Morgan fingerprint density at radius 3 is 1.98 bits per heavy atom. The largest absolute Gasteiger partial charge is 0.417 e. The molecule has 0 unspecified atom stereocenters. The topological polar surface area (TPSA) is 54.0 Å². The number of benzene rings is 3. The number of amides is 2. The number of carbonyl (C=O) groups excluding carboxylic acids is 1. The monoisotopic (exact) mass is 565 g/mol. The Kier molecular flexibility index (Phi) is 7.81. The Balaban J connectivity index is 1.93. The summed E-state index contributed by atoms with van der Waals surface area (Å²) in [6.07, 6.45) is -9.65. The van der Waals surface area contributed by atoms with Crippen LogP contribution in [0.5, 0.6) is 0 Å². The minimum Gasteiger partial charge on any atom is -0.322 e. The molecule has 3 aromatic carbocycles. The molecule has 0 aliphatic heterocycles. The van der Waals surface area contributed by atoms with E-state index < -0.39 is 52.2 Å². The van der Waals surface area contributed by atoms with Crippen molar-refractivity contribution in [2.24, 2.45) is 0 Å². The van der Waals surface area contributed by atoms with E-state index in [2.05, 4.69) is 15.6 Å². The van der Waals surface area contributed by atoms with Crippen LogP contribution in [0.15, 0.2) is 91.1 Å². The summed E-state index contributed by atoms with van der Waals surface area (Å²) in [5, 5.41) is 4.84. The number of aromatic nitrogens is 1. The zero-order chi connectivity index (χ0) is 29.1. The second kappa shape index (κ2) is 10.9. The van der Waals surface area contributed by atoms with E-state index in [-0.39, 0.29) is 23.9 Å². The standard InChI is InChI=1S/C28H19F8N3O/c29-21-7-4-8-23(14-21)38-25(40)39-26(15-17-5-2-1-3-6-17,24-10-9-18(16-37-24)27(31,32)33)19-11-20(28(34,35)36)13-22(30)12-19/h1-14,16H,15H2,(H2,38,39,40)/t26-/m0/s1. The zero-order valence-corrected chi connectivity index (χ0v) is 20.2. The maximum atomic E-state index is 14.7. The van der Waals surface area contributed by atoms with Gasteiger partial charge >= 0.3 is 18.4 Å². The van der Waals surface area contributed by atoms with Gasteiger partial charge in [0.05, 0.1) is 16.8 Å². The van der Waals surface area contributed by atoms with Crippen LogP contribution in [0.3, 0.4) is 0 Å². The van der Waals surface area contributed by atoms with Gasteiger partial charge < -0.3 is 10.6 Å². The van der Waals surface area contributed by atoms with Crippen LogP contribution in [0.2, 0.25) is 0 Å². The van der Waals surface area contributed by atoms with Gasteiger partial charge in [0.2, 0.25) is 0 Å². The first-order valence-corrected chi connectivity index (χ1v) is 11.6. The van der Waals surface area contributed by atoms with Gasteiger partial charge in [-0.15, -0.1) is 0 Å². The van der Waals surface area contributed by atoms with E-state index in [1.54, 1.807) is 30.3 Å². The fourth-order valence-corrected chi connectivity index (χ4v) is 4.16. The van der Waals surface area contributed by atoms with E-state index >= 15 is 0 Å². The highest BCUT2D eigenvalue weighted by atomic mass is 19.4. The second-order valence-electron chi connectivity index (χ2n) is 8.81. The predicted octanol–water partition coefficient (Wildman–Crippen LogP) is 7.71. The molecular weight excluding hydrogens is 546 g/mol. The SMILES string of the molecule is O=C(Nc1cccc(F)c1)N[C@@](Cc1ccccc1)(c1cc(F)cc(C(F)(F)F)c1)c1ccc(C(F)(F)F)cn1. The Morgan fingerprint density at radius 1 is 0.700 bits per heavy atom. The second-order valence-corrected chi connectivity index (χ2v) is 8.81. The molecule has 4 nitrogen and oxygen atoms in total. The van der Waals surface area contributed by atoms with Crippen LogP contribution in [0.1, 0.15) is 27.9 Å². The highest BCUT2D eigenvalue weighted by Gasteiger charge is 2.42. The Hall–Kier alpha value is -4.48. The molecule has 1 aromatic heterocycles. The van der Waals surface area contributed by atoms with E-state index in [4.69, 9.17) is 0 Å². The summed E-state index contributed by atoms with van der Waals surface area (Å²) in [4.78, 5) is 17.1. The Bertz CT molecular complexity index is 1490. The van der Waals surface area contributed by atoms with Gasteiger partial charge in [0, 0.05) is 18.3 Å². The molecule has 0 fully saturated rings. The van der Waals surface area contributed by atoms with Crippen molar-refractivity contribution in [3.05, 3.63) is 131 Å². The zero-order valence-electron chi connectivity index (χ0n) is 20.2. The highest BCUT2D eigenvalue weighted by molar-refractivity contribution is 5.90. The van der Waals surface area contributed by atoms with Gasteiger partial charge in [0.15, 0.2) is 0 Å². The van der Waals surface area contributed by atoms with Crippen LogP contribution in [-0.2, 0) is 24.3 Å². The molecule has 12 heteroatoms. The van der Waals surface area contributed by atoms with Crippen LogP contribution in [-0.4, -0.2) is 11.0 Å². The molecule has 40 heavy (non-hydrogen) atoms. The summed E-state index contributed by atoms with van der Waals surface area (Å²) >= 11 is 0. The number of anilines is 1. The molecule has 2 amide bonds. The first kappa shape index (κ1) is 28.5. The fraction of sp³-hybridized carbons (Fsp3) is 0.143. The van der Waals surface area contributed by atoms with Crippen LogP contribution in [0, 0.1) is 11.6 Å². The lowest BCUT2D eigenvalue weighted by Crippen LogP contribution is -2.51. The molecule has 0 saturated carbocycles. The molecule has 2 N–H and O–H groups in total. The van der Waals surface area contributed by atoms with Crippen molar-refractivity contribution < 1.29 is 39.9 Å². The summed E-state index contributed by atoms with van der Waals surface area (Å²) in [5.74, 6) is -2.00. The first-order valence-electron chi connectivity index (χ1n) is 11.6. The minimum absolute atomic E-state index is 0.0262. The molecule has 1 atom stereocenters. The number of halogens is 8. The number of rotatable bonds is 6. The van der Waals surface area contributed by atoms with E-state index in [0.29, 0.717) is 23.9 Å². The van der Waals surface area contributed by atoms with Gasteiger partial charge in [0.1, 0.15) is 17.2 Å². The average Bonchev–Trinajstić information content (AvgIpc) is 2.87. The quantitative estimate of drug-likeness (QED) is 0.236. The van der Waals surface area contributed by atoms with Crippen molar-refractivity contribution >= 4 is 11.7 Å². The number of alkyl halides is 6. The van der Waals surface area contributed by atoms with Gasteiger partial charge in [-0.25, -0.2) is 13.6 Å². The van der Waals surface area contributed by atoms with Gasteiger partial charge in [0.25, 0.3) is 0 Å². The van der Waals surface area contributed by atoms with Crippen molar-refractivity contribution in [2.45, 2.75) is 24.3 Å². The fourth-order valence-electron chi connectivity index (χ4n) is 4.16. The molecule has 0 saturated heterocycles. The number of hydrogen-bond donors (Lipinski definition) is 2. The molecule has 1 heterocycles. The molecule has 208 valence electrons. The molecule has 0 bridgehead atoms. The number of urea groups is 1. The lowest BCUT2D eigenvalue weighted by molar-refractivity contribution is -0.138. The maximum Gasteiger partial charge on any atom is 0.417 e. The summed E-state index contributed by atoms with van der Waals surface area (Å²) in [5.41, 5.74) is -5.01.